The van der Waals surface area contributed by atoms with Crippen molar-refractivity contribution in [1.29, 1.82) is 0 Å². The van der Waals surface area contributed by atoms with Crippen molar-refractivity contribution >= 4 is 0 Å². The Bertz CT molecular complexity index is 674. The van der Waals surface area contributed by atoms with Crippen LogP contribution in [0.25, 0.3) is 0 Å². The van der Waals surface area contributed by atoms with Crippen molar-refractivity contribution in [3.8, 4) is 0 Å². The van der Waals surface area contributed by atoms with Gasteiger partial charge < -0.3 is 4.90 Å². The minimum Gasteiger partial charge on any atom is -0.303 e. The molecule has 4 rings (SSSR count). The van der Waals surface area contributed by atoms with Gasteiger partial charge in [-0.3, -0.25) is 9.88 Å². The Kier molecular flexibility index (Phi) is 4.38. The molecule has 1 aromatic carbocycles. The van der Waals surface area contributed by atoms with Gasteiger partial charge in [-0.2, -0.15) is 0 Å². The molecular weight excluding hydrogens is 294 g/mol. The van der Waals surface area contributed by atoms with Gasteiger partial charge in [0.25, 0.3) is 0 Å². The highest BCUT2D eigenvalue weighted by atomic mass is 15.2. The molecule has 3 nitrogen and oxygen atoms in total. The Morgan fingerprint density at radius 3 is 2.54 bits per heavy atom. The van der Waals surface area contributed by atoms with Crippen LogP contribution >= 0.6 is 0 Å². The van der Waals surface area contributed by atoms with Crippen LogP contribution in [0, 0.1) is 0 Å². The third kappa shape index (κ3) is 2.87. The van der Waals surface area contributed by atoms with E-state index < -0.39 is 0 Å². The lowest BCUT2D eigenvalue weighted by Crippen LogP contribution is -2.54. The van der Waals surface area contributed by atoms with E-state index in [-0.39, 0.29) is 5.54 Å². The summed E-state index contributed by atoms with van der Waals surface area (Å²) < 4.78 is 0. The molecule has 0 unspecified atom stereocenters. The maximum absolute atomic E-state index is 4.11. The second-order valence-corrected chi connectivity index (χ2v) is 7.31. The second kappa shape index (κ2) is 6.66. The number of piperidine rings is 1. The van der Waals surface area contributed by atoms with E-state index in [0.29, 0.717) is 0 Å². The van der Waals surface area contributed by atoms with E-state index in [9.17, 15) is 0 Å². The number of rotatable bonds is 3. The molecule has 0 N–H and O–H groups in total. The molecule has 0 saturated carbocycles. The van der Waals surface area contributed by atoms with Crippen molar-refractivity contribution in [2.45, 2.75) is 31.2 Å². The van der Waals surface area contributed by atoms with Crippen molar-refractivity contribution < 1.29 is 0 Å². The summed E-state index contributed by atoms with van der Waals surface area (Å²) in [6.07, 6.45) is 8.61. The lowest BCUT2D eigenvalue weighted by Gasteiger charge is -2.51. The monoisotopic (exact) mass is 321 g/mol. The van der Waals surface area contributed by atoms with Crippen LogP contribution in [0.15, 0.2) is 48.8 Å². The summed E-state index contributed by atoms with van der Waals surface area (Å²) in [6, 6.07) is 13.4. The summed E-state index contributed by atoms with van der Waals surface area (Å²) in [6.45, 7) is 4.74. The standard InChI is InChI=1S/C21H27N3/c1-23-14-9-19-4-2-3-5-20(19)21(23)10-16-24(17-11-21)15-8-18-6-12-22-13-7-18/h2-7,12-13H,8-11,14-17H2,1H3. The fraction of sp³-hybridized carbons (Fsp3) is 0.476. The van der Waals surface area contributed by atoms with Crippen molar-refractivity contribution in [2.75, 3.05) is 33.2 Å². The zero-order chi connectivity index (χ0) is 16.4. The van der Waals surface area contributed by atoms with Gasteiger partial charge in [-0.1, -0.05) is 24.3 Å². The largest absolute Gasteiger partial charge is 0.303 e. The maximum atomic E-state index is 4.11. The van der Waals surface area contributed by atoms with Crippen LogP contribution in [0.4, 0.5) is 0 Å². The minimum atomic E-state index is 0.266. The molecule has 2 aromatic rings. The topological polar surface area (TPSA) is 19.4 Å². The van der Waals surface area contributed by atoms with E-state index in [0.717, 1.165) is 13.0 Å². The van der Waals surface area contributed by atoms with Crippen LogP contribution in [0.5, 0.6) is 0 Å². The number of aromatic nitrogens is 1. The van der Waals surface area contributed by atoms with Gasteiger partial charge in [-0.05, 0) is 61.6 Å². The summed E-state index contributed by atoms with van der Waals surface area (Å²) in [5.74, 6) is 0. The number of hydrogen-bond acceptors (Lipinski definition) is 3. The summed E-state index contributed by atoms with van der Waals surface area (Å²) in [4.78, 5) is 9.36. The minimum absolute atomic E-state index is 0.266. The number of benzene rings is 1. The van der Waals surface area contributed by atoms with Crippen LogP contribution in [-0.2, 0) is 18.4 Å². The molecular formula is C21H27N3. The van der Waals surface area contributed by atoms with Crippen molar-refractivity contribution in [3.05, 3.63) is 65.5 Å². The van der Waals surface area contributed by atoms with Gasteiger partial charge in [0.15, 0.2) is 0 Å². The SMILES string of the molecule is CN1CCc2ccccc2C12CCN(CCc1ccncc1)CC2. The van der Waals surface area contributed by atoms with Crippen LogP contribution in [0.1, 0.15) is 29.5 Å². The second-order valence-electron chi connectivity index (χ2n) is 7.31. The van der Waals surface area contributed by atoms with Crippen molar-refractivity contribution in [3.63, 3.8) is 0 Å². The average Bonchev–Trinajstić information content (AvgIpc) is 2.65. The number of nitrogens with zero attached hydrogens (tertiary/aromatic N) is 3. The summed E-state index contributed by atoms with van der Waals surface area (Å²) in [5.41, 5.74) is 4.82. The Morgan fingerprint density at radius 2 is 1.75 bits per heavy atom. The molecule has 2 aliphatic rings. The molecule has 2 aliphatic heterocycles. The average molecular weight is 321 g/mol. The van der Waals surface area contributed by atoms with E-state index in [2.05, 4.69) is 58.2 Å². The molecule has 1 spiro atoms. The van der Waals surface area contributed by atoms with E-state index >= 15 is 0 Å². The first-order valence-electron chi connectivity index (χ1n) is 9.19. The Balaban J connectivity index is 1.44. The molecule has 0 amide bonds. The van der Waals surface area contributed by atoms with Crippen LogP contribution < -0.4 is 0 Å². The van der Waals surface area contributed by atoms with Crippen molar-refractivity contribution in [1.82, 2.24) is 14.8 Å². The first-order chi connectivity index (χ1) is 11.8. The van der Waals surface area contributed by atoms with Crippen LogP contribution in [0.2, 0.25) is 0 Å². The maximum Gasteiger partial charge on any atom is 0.0484 e. The summed E-state index contributed by atoms with van der Waals surface area (Å²) in [5, 5.41) is 0. The summed E-state index contributed by atoms with van der Waals surface area (Å²) >= 11 is 0. The summed E-state index contributed by atoms with van der Waals surface area (Å²) in [7, 11) is 2.32. The fourth-order valence-electron chi connectivity index (χ4n) is 4.53. The number of fused-ring (bicyclic) bond motifs is 2. The van der Waals surface area contributed by atoms with Gasteiger partial charge in [-0.15, -0.1) is 0 Å². The van der Waals surface area contributed by atoms with Gasteiger partial charge in [0.2, 0.25) is 0 Å². The molecule has 0 bridgehead atoms. The number of likely N-dealkylation sites (tertiary alicyclic amines) is 1. The quantitative estimate of drug-likeness (QED) is 0.866. The predicted octanol–water partition coefficient (Wildman–Crippen LogP) is 3.10. The van der Waals surface area contributed by atoms with E-state index in [1.165, 1.54) is 44.5 Å². The molecule has 126 valence electrons. The highest BCUT2D eigenvalue weighted by Crippen LogP contribution is 2.42. The Morgan fingerprint density at radius 1 is 1.00 bits per heavy atom. The Hall–Kier alpha value is -1.71. The van der Waals surface area contributed by atoms with Crippen LogP contribution in [-0.4, -0.2) is 48.0 Å². The van der Waals surface area contributed by atoms with Gasteiger partial charge in [-0.25, -0.2) is 0 Å². The smallest absolute Gasteiger partial charge is 0.0484 e. The molecule has 1 fully saturated rings. The third-order valence-corrected chi connectivity index (χ3v) is 6.12. The molecule has 0 atom stereocenters. The first-order valence-corrected chi connectivity index (χ1v) is 9.19. The number of pyridine rings is 1. The predicted molar refractivity (Wildman–Crippen MR) is 98.1 cm³/mol. The molecule has 24 heavy (non-hydrogen) atoms. The Labute approximate surface area is 145 Å². The zero-order valence-corrected chi connectivity index (χ0v) is 14.6. The highest BCUT2D eigenvalue weighted by molar-refractivity contribution is 5.37. The number of hydrogen-bond donors (Lipinski definition) is 0. The lowest BCUT2D eigenvalue weighted by atomic mass is 9.74. The highest BCUT2D eigenvalue weighted by Gasteiger charge is 2.42. The molecule has 1 saturated heterocycles. The molecule has 3 heterocycles. The molecule has 0 aliphatic carbocycles. The fourth-order valence-corrected chi connectivity index (χ4v) is 4.53. The molecule has 3 heteroatoms. The van der Waals surface area contributed by atoms with Gasteiger partial charge in [0.1, 0.15) is 0 Å². The number of likely N-dealkylation sites (N-methyl/N-ethyl adjacent to an activating group) is 1. The molecule has 1 aromatic heterocycles. The van der Waals surface area contributed by atoms with Gasteiger partial charge >= 0.3 is 0 Å². The van der Waals surface area contributed by atoms with Crippen molar-refractivity contribution in [2.24, 2.45) is 0 Å². The van der Waals surface area contributed by atoms with Crippen LogP contribution in [0.3, 0.4) is 0 Å². The van der Waals surface area contributed by atoms with E-state index in [1.54, 1.807) is 11.1 Å². The third-order valence-electron chi connectivity index (χ3n) is 6.12. The van der Waals surface area contributed by atoms with Gasteiger partial charge in [0, 0.05) is 44.1 Å². The van der Waals surface area contributed by atoms with Gasteiger partial charge in [0.05, 0.1) is 0 Å². The lowest BCUT2D eigenvalue weighted by molar-refractivity contribution is 0.0284. The molecule has 0 radical (unpaired) electrons. The zero-order valence-electron chi connectivity index (χ0n) is 14.6. The van der Waals surface area contributed by atoms with E-state index in [4.69, 9.17) is 0 Å². The normalized spacial score (nSPS) is 20.9. The van der Waals surface area contributed by atoms with E-state index in [1.807, 2.05) is 12.4 Å². The first kappa shape index (κ1) is 15.8.